The minimum absolute atomic E-state index is 0.568. The van der Waals surface area contributed by atoms with Gasteiger partial charge in [-0.05, 0) is 43.7 Å². The van der Waals surface area contributed by atoms with E-state index in [4.69, 9.17) is 9.72 Å². The van der Waals surface area contributed by atoms with Crippen molar-refractivity contribution < 1.29 is 4.74 Å². The number of aromatic nitrogens is 5. The number of imidazole rings is 1. The van der Waals surface area contributed by atoms with E-state index in [1.54, 1.807) is 6.20 Å². The molecule has 4 heterocycles. The molecule has 0 N–H and O–H groups in total. The van der Waals surface area contributed by atoms with Crippen molar-refractivity contribution in [3.8, 4) is 5.88 Å². The van der Waals surface area contributed by atoms with Crippen LogP contribution >= 0.6 is 0 Å². The van der Waals surface area contributed by atoms with Crippen molar-refractivity contribution in [2.24, 2.45) is 0 Å². The topological polar surface area (TPSA) is 65.2 Å². The Morgan fingerprint density at radius 3 is 2.74 bits per heavy atom. The number of nitrogens with zero attached hydrogens (tertiary/aromatic N) is 5. The summed E-state index contributed by atoms with van der Waals surface area (Å²) in [6.45, 7) is 4.51. The molecule has 136 valence electrons. The number of fused-ring (bicyclic) bond motifs is 1. The Kier molecular flexibility index (Phi) is 4.78. The molecule has 0 saturated heterocycles. The Hall–Kier alpha value is -3.28. The van der Waals surface area contributed by atoms with Crippen LogP contribution in [0, 0.1) is 6.92 Å². The molecule has 0 aliphatic carbocycles. The van der Waals surface area contributed by atoms with Gasteiger partial charge in [0.25, 0.3) is 0 Å². The molecule has 4 rings (SSSR count). The van der Waals surface area contributed by atoms with Crippen molar-refractivity contribution in [1.82, 2.24) is 24.3 Å². The molecule has 6 heteroatoms. The minimum Gasteiger partial charge on any atom is -0.478 e. The molecule has 0 aromatic carbocycles. The zero-order chi connectivity index (χ0) is 18.6. The highest BCUT2D eigenvalue weighted by Gasteiger charge is 2.09. The standard InChI is InChI=1S/C21H21N5O/c1-3-27-21-14-18(11-16-7-9-26-10-8-22-20(26)12-16)24-19(25-21)13-17-6-4-5-15(2)23-17/h4-10,12,14H,3,11,13H2,1-2H3. The molecule has 0 unspecified atom stereocenters. The Bertz CT molecular complexity index is 1070. The lowest BCUT2D eigenvalue weighted by Crippen LogP contribution is -2.06. The van der Waals surface area contributed by atoms with Gasteiger partial charge in [-0.25, -0.2) is 9.97 Å². The smallest absolute Gasteiger partial charge is 0.216 e. The summed E-state index contributed by atoms with van der Waals surface area (Å²) >= 11 is 0. The second-order valence-corrected chi connectivity index (χ2v) is 6.40. The molecule has 0 saturated carbocycles. The van der Waals surface area contributed by atoms with E-state index in [9.17, 15) is 0 Å². The monoisotopic (exact) mass is 359 g/mol. The molecular weight excluding hydrogens is 338 g/mol. The zero-order valence-electron chi connectivity index (χ0n) is 15.5. The van der Waals surface area contributed by atoms with E-state index >= 15 is 0 Å². The summed E-state index contributed by atoms with van der Waals surface area (Å²) in [6, 6.07) is 12.0. The number of pyridine rings is 2. The lowest BCUT2D eigenvalue weighted by Gasteiger charge is -2.09. The van der Waals surface area contributed by atoms with Gasteiger partial charge >= 0.3 is 0 Å². The fourth-order valence-corrected chi connectivity index (χ4v) is 3.05. The highest BCUT2D eigenvalue weighted by Crippen LogP contribution is 2.16. The van der Waals surface area contributed by atoms with Gasteiger partial charge in [0.2, 0.25) is 5.88 Å². The van der Waals surface area contributed by atoms with Crippen LogP contribution in [0.3, 0.4) is 0 Å². The SMILES string of the molecule is CCOc1cc(Cc2ccn3ccnc3c2)nc(Cc2cccc(C)n2)n1. The van der Waals surface area contributed by atoms with Crippen LogP contribution in [0.5, 0.6) is 5.88 Å². The number of rotatable bonds is 6. The summed E-state index contributed by atoms with van der Waals surface area (Å²) in [5.74, 6) is 1.32. The average molecular weight is 359 g/mol. The number of aryl methyl sites for hydroxylation is 1. The number of ether oxygens (including phenoxy) is 1. The minimum atomic E-state index is 0.568. The molecule has 0 amide bonds. The predicted molar refractivity (Wildman–Crippen MR) is 103 cm³/mol. The quantitative estimate of drug-likeness (QED) is 0.528. The second kappa shape index (κ2) is 7.53. The second-order valence-electron chi connectivity index (χ2n) is 6.40. The zero-order valence-corrected chi connectivity index (χ0v) is 15.5. The van der Waals surface area contributed by atoms with E-state index in [1.165, 1.54) is 0 Å². The van der Waals surface area contributed by atoms with Gasteiger partial charge in [-0.2, -0.15) is 4.98 Å². The Labute approximate surface area is 157 Å². The van der Waals surface area contributed by atoms with Crippen LogP contribution in [0.1, 0.15) is 35.4 Å². The molecule has 4 aromatic rings. The van der Waals surface area contributed by atoms with Crippen LogP contribution in [0.25, 0.3) is 5.65 Å². The Morgan fingerprint density at radius 1 is 0.963 bits per heavy atom. The fourth-order valence-electron chi connectivity index (χ4n) is 3.05. The van der Waals surface area contributed by atoms with Gasteiger partial charge in [0.05, 0.1) is 18.7 Å². The van der Waals surface area contributed by atoms with Gasteiger partial charge in [0, 0.05) is 42.5 Å². The first-order chi connectivity index (χ1) is 13.2. The fraction of sp³-hybridized carbons (Fsp3) is 0.238. The Balaban J connectivity index is 1.63. The van der Waals surface area contributed by atoms with Gasteiger partial charge in [-0.15, -0.1) is 0 Å². The molecular formula is C21H21N5O. The van der Waals surface area contributed by atoms with Crippen molar-refractivity contribution >= 4 is 5.65 Å². The summed E-state index contributed by atoms with van der Waals surface area (Å²) in [4.78, 5) is 18.2. The van der Waals surface area contributed by atoms with Crippen LogP contribution in [0.15, 0.2) is 55.0 Å². The molecule has 0 radical (unpaired) electrons. The van der Waals surface area contributed by atoms with Crippen LogP contribution in [0.2, 0.25) is 0 Å². The lowest BCUT2D eigenvalue weighted by molar-refractivity contribution is 0.324. The third kappa shape index (κ3) is 4.11. The summed E-state index contributed by atoms with van der Waals surface area (Å²) in [6.07, 6.45) is 7.02. The van der Waals surface area contributed by atoms with Crippen molar-refractivity contribution in [3.63, 3.8) is 0 Å². The van der Waals surface area contributed by atoms with Gasteiger partial charge < -0.3 is 9.14 Å². The molecule has 6 nitrogen and oxygen atoms in total. The normalized spacial score (nSPS) is 11.0. The van der Waals surface area contributed by atoms with Crippen molar-refractivity contribution in [3.05, 3.63) is 83.5 Å². The maximum absolute atomic E-state index is 5.66. The molecule has 27 heavy (non-hydrogen) atoms. The third-order valence-electron chi connectivity index (χ3n) is 4.23. The molecule has 0 spiro atoms. The largest absolute Gasteiger partial charge is 0.478 e. The molecule has 4 aromatic heterocycles. The first kappa shape index (κ1) is 17.1. The van der Waals surface area contributed by atoms with Crippen LogP contribution in [-0.4, -0.2) is 30.9 Å². The molecule has 0 aliphatic rings. The van der Waals surface area contributed by atoms with E-state index < -0.39 is 0 Å². The molecule has 0 fully saturated rings. The van der Waals surface area contributed by atoms with Gasteiger partial charge in [-0.3, -0.25) is 4.98 Å². The van der Waals surface area contributed by atoms with E-state index in [0.29, 0.717) is 25.3 Å². The summed E-state index contributed by atoms with van der Waals surface area (Å²) in [5.41, 5.74) is 4.94. The van der Waals surface area contributed by atoms with Gasteiger partial charge in [0.15, 0.2) is 0 Å². The first-order valence-electron chi connectivity index (χ1n) is 9.03. The van der Waals surface area contributed by atoms with Crippen molar-refractivity contribution in [2.75, 3.05) is 6.61 Å². The van der Waals surface area contributed by atoms with Crippen LogP contribution in [-0.2, 0) is 12.8 Å². The summed E-state index contributed by atoms with van der Waals surface area (Å²) in [5, 5.41) is 0. The van der Waals surface area contributed by atoms with Crippen LogP contribution < -0.4 is 4.74 Å². The maximum atomic E-state index is 5.66. The van der Waals surface area contributed by atoms with E-state index in [-0.39, 0.29) is 0 Å². The summed E-state index contributed by atoms with van der Waals surface area (Å²) < 4.78 is 7.65. The highest BCUT2D eigenvalue weighted by atomic mass is 16.5. The van der Waals surface area contributed by atoms with E-state index in [2.05, 4.69) is 27.1 Å². The molecule has 0 aliphatic heterocycles. The lowest BCUT2D eigenvalue weighted by atomic mass is 10.1. The van der Waals surface area contributed by atoms with Gasteiger partial charge in [0.1, 0.15) is 11.5 Å². The number of hydrogen-bond donors (Lipinski definition) is 0. The van der Waals surface area contributed by atoms with Crippen molar-refractivity contribution in [2.45, 2.75) is 26.7 Å². The predicted octanol–water partition coefficient (Wildman–Crippen LogP) is 3.41. The average Bonchev–Trinajstić information content (AvgIpc) is 3.09. The maximum Gasteiger partial charge on any atom is 0.216 e. The third-order valence-corrected chi connectivity index (χ3v) is 4.23. The Morgan fingerprint density at radius 2 is 1.89 bits per heavy atom. The number of hydrogen-bond acceptors (Lipinski definition) is 5. The van der Waals surface area contributed by atoms with Gasteiger partial charge in [-0.1, -0.05) is 6.07 Å². The summed E-state index contributed by atoms with van der Waals surface area (Å²) in [7, 11) is 0. The molecule has 0 bridgehead atoms. The van der Waals surface area contributed by atoms with Crippen LogP contribution in [0.4, 0.5) is 0 Å². The highest BCUT2D eigenvalue weighted by molar-refractivity contribution is 5.42. The molecule has 0 atom stereocenters. The van der Waals surface area contributed by atoms with Crippen molar-refractivity contribution in [1.29, 1.82) is 0 Å². The van der Waals surface area contributed by atoms with E-state index in [0.717, 1.165) is 34.1 Å². The first-order valence-corrected chi connectivity index (χ1v) is 9.03. The van der Waals surface area contributed by atoms with E-state index in [1.807, 2.05) is 54.9 Å².